The second-order valence-electron chi connectivity index (χ2n) is 7.47. The molecule has 0 unspecified atom stereocenters. The summed E-state index contributed by atoms with van der Waals surface area (Å²) in [5, 5.41) is 15.5. The third-order valence-electron chi connectivity index (χ3n) is 4.70. The number of carbonyl (C=O) groups excluding carboxylic acids is 2. The van der Waals surface area contributed by atoms with Crippen LogP contribution in [0.5, 0.6) is 11.5 Å². The van der Waals surface area contributed by atoms with E-state index in [4.69, 9.17) is 15.2 Å². The number of hydrogen-bond acceptors (Lipinski definition) is 9. The van der Waals surface area contributed by atoms with Crippen LogP contribution in [0.2, 0.25) is 0 Å². The number of anilines is 2. The Kier molecular flexibility index (Phi) is 9.44. The molecule has 2 aromatic carbocycles. The number of nitrogens with two attached hydrogens (primary N) is 1. The van der Waals surface area contributed by atoms with Gasteiger partial charge in [-0.15, -0.1) is 0 Å². The van der Waals surface area contributed by atoms with Crippen molar-refractivity contribution < 1.29 is 23.7 Å². The lowest BCUT2D eigenvalue weighted by Crippen LogP contribution is -2.32. The molecule has 0 fully saturated rings. The van der Waals surface area contributed by atoms with Gasteiger partial charge in [-0.3, -0.25) is 9.59 Å². The summed E-state index contributed by atoms with van der Waals surface area (Å²) in [6.45, 7) is 5.46. The van der Waals surface area contributed by atoms with Gasteiger partial charge >= 0.3 is 0 Å². The van der Waals surface area contributed by atoms with Gasteiger partial charge in [0.1, 0.15) is 0 Å². The van der Waals surface area contributed by atoms with Crippen LogP contribution in [0.25, 0.3) is 0 Å². The van der Waals surface area contributed by atoms with Gasteiger partial charge < -0.3 is 31.2 Å². The lowest BCUT2D eigenvalue weighted by molar-refractivity contribution is -0.118. The smallest absolute Gasteiger partial charge is 0.277 e. The van der Waals surface area contributed by atoms with Crippen LogP contribution in [0.4, 0.5) is 11.5 Å². The fourth-order valence-corrected chi connectivity index (χ4v) is 3.64. The number of nitrogen functional groups attached to an aromatic ring is 1. The number of halogens is 1. The van der Waals surface area contributed by atoms with Crippen molar-refractivity contribution in [3.63, 3.8) is 0 Å². The minimum Gasteiger partial charge on any atom is -0.490 e. The summed E-state index contributed by atoms with van der Waals surface area (Å²) in [5.74, 6) is 0.169. The molecule has 3 aromatic rings. The van der Waals surface area contributed by atoms with Gasteiger partial charge in [0.2, 0.25) is 11.5 Å². The highest BCUT2D eigenvalue weighted by Gasteiger charge is 2.16. The minimum absolute atomic E-state index is 0.0431. The van der Waals surface area contributed by atoms with Gasteiger partial charge in [0.05, 0.1) is 11.1 Å². The van der Waals surface area contributed by atoms with E-state index in [0.717, 1.165) is 11.1 Å². The first-order chi connectivity index (χ1) is 16.9. The van der Waals surface area contributed by atoms with Gasteiger partial charge in [-0.1, -0.05) is 17.7 Å². The number of nitrogens with one attached hydrogen (secondary N) is 3. The van der Waals surface area contributed by atoms with Gasteiger partial charge in [-0.25, -0.2) is 4.63 Å². The van der Waals surface area contributed by atoms with Crippen molar-refractivity contribution >= 4 is 39.2 Å². The Labute approximate surface area is 210 Å². The van der Waals surface area contributed by atoms with E-state index in [0.29, 0.717) is 47.9 Å². The van der Waals surface area contributed by atoms with Crippen LogP contribution >= 0.6 is 15.9 Å². The molecule has 0 saturated heterocycles. The van der Waals surface area contributed by atoms with Gasteiger partial charge in [0, 0.05) is 25.3 Å². The van der Waals surface area contributed by atoms with E-state index in [2.05, 4.69) is 46.8 Å². The molecule has 0 bridgehead atoms. The quantitative estimate of drug-likeness (QED) is 0.251. The van der Waals surface area contributed by atoms with Gasteiger partial charge in [-0.05, 0) is 69.9 Å². The largest absolute Gasteiger partial charge is 0.490 e. The predicted octanol–water partition coefficient (Wildman–Crippen LogP) is 2.66. The lowest BCUT2D eigenvalue weighted by atomic mass is 10.2. The molecular formula is C23H27BrN6O5. The highest BCUT2D eigenvalue weighted by molar-refractivity contribution is 9.10. The molecule has 0 saturated carbocycles. The zero-order valence-electron chi connectivity index (χ0n) is 19.4. The van der Waals surface area contributed by atoms with Gasteiger partial charge in [0.15, 0.2) is 18.1 Å². The molecule has 186 valence electrons. The standard InChI is InChI=1S/C23H27BrN6O5/c1-3-33-18-11-15(12-26-8-9-27-23(32)20-22(25)30-35-29-20)10-17(24)21(18)34-13-19(31)28-16-6-4-14(2)5-7-16/h4-7,10-11,26H,3,8-9,12-13H2,1-2H3,(H2,25,30)(H,27,32)(H,28,31). The minimum atomic E-state index is -0.458. The lowest BCUT2D eigenvalue weighted by Gasteiger charge is -2.16. The van der Waals surface area contributed by atoms with E-state index in [1.165, 1.54) is 0 Å². The number of aryl methyl sites for hydroxylation is 1. The molecule has 0 aliphatic heterocycles. The molecule has 12 heteroatoms. The summed E-state index contributed by atoms with van der Waals surface area (Å²) in [6, 6.07) is 11.2. The molecule has 1 heterocycles. The Balaban J connectivity index is 1.51. The number of benzene rings is 2. The zero-order chi connectivity index (χ0) is 25.2. The first-order valence-electron chi connectivity index (χ1n) is 10.9. The van der Waals surface area contributed by atoms with Crippen molar-refractivity contribution in [2.24, 2.45) is 0 Å². The normalized spacial score (nSPS) is 10.6. The summed E-state index contributed by atoms with van der Waals surface area (Å²) >= 11 is 3.51. The Morgan fingerprint density at radius 1 is 1.11 bits per heavy atom. The molecule has 0 aliphatic rings. The third-order valence-corrected chi connectivity index (χ3v) is 5.29. The van der Waals surface area contributed by atoms with Crippen LogP contribution in [0.15, 0.2) is 45.5 Å². The summed E-state index contributed by atoms with van der Waals surface area (Å²) in [7, 11) is 0. The first kappa shape index (κ1) is 26.0. The van der Waals surface area contributed by atoms with Crippen LogP contribution in [0, 0.1) is 6.92 Å². The van der Waals surface area contributed by atoms with E-state index in [1.54, 1.807) is 0 Å². The van der Waals surface area contributed by atoms with E-state index >= 15 is 0 Å². The monoisotopic (exact) mass is 546 g/mol. The van der Waals surface area contributed by atoms with Crippen molar-refractivity contribution in [2.75, 3.05) is 37.4 Å². The van der Waals surface area contributed by atoms with Crippen LogP contribution in [-0.2, 0) is 11.3 Å². The summed E-state index contributed by atoms with van der Waals surface area (Å²) in [6.07, 6.45) is 0. The summed E-state index contributed by atoms with van der Waals surface area (Å²) in [4.78, 5) is 24.2. The number of hydrogen-bond donors (Lipinski definition) is 4. The zero-order valence-corrected chi connectivity index (χ0v) is 21.0. The maximum atomic E-state index is 12.3. The van der Waals surface area contributed by atoms with E-state index in [9.17, 15) is 9.59 Å². The molecular weight excluding hydrogens is 520 g/mol. The molecule has 0 aliphatic carbocycles. The average molecular weight is 547 g/mol. The van der Waals surface area contributed by atoms with E-state index in [1.807, 2.05) is 50.2 Å². The van der Waals surface area contributed by atoms with Crippen LogP contribution in [0.1, 0.15) is 28.5 Å². The molecule has 35 heavy (non-hydrogen) atoms. The van der Waals surface area contributed by atoms with E-state index in [-0.39, 0.29) is 24.0 Å². The molecule has 2 amide bonds. The molecule has 0 radical (unpaired) electrons. The molecule has 0 spiro atoms. The van der Waals surface area contributed by atoms with Gasteiger partial charge in [-0.2, -0.15) is 0 Å². The molecule has 3 rings (SSSR count). The maximum absolute atomic E-state index is 12.3. The average Bonchev–Trinajstić information content (AvgIpc) is 3.26. The maximum Gasteiger partial charge on any atom is 0.277 e. The number of rotatable bonds is 12. The third kappa shape index (κ3) is 7.69. The molecule has 11 nitrogen and oxygen atoms in total. The fourth-order valence-electron chi connectivity index (χ4n) is 3.03. The highest BCUT2D eigenvalue weighted by atomic mass is 79.9. The number of nitrogens with zero attached hydrogens (tertiary/aromatic N) is 2. The Bertz CT molecular complexity index is 1150. The first-order valence-corrected chi connectivity index (χ1v) is 11.7. The highest BCUT2D eigenvalue weighted by Crippen LogP contribution is 2.37. The second-order valence-corrected chi connectivity index (χ2v) is 8.33. The second kappa shape index (κ2) is 12.7. The van der Waals surface area contributed by atoms with Crippen LogP contribution in [-0.4, -0.2) is 48.4 Å². The summed E-state index contributed by atoms with van der Waals surface area (Å²) in [5.41, 5.74) is 8.19. The van der Waals surface area contributed by atoms with Gasteiger partial charge in [0.25, 0.3) is 11.8 Å². The van der Waals surface area contributed by atoms with E-state index < -0.39 is 5.91 Å². The fraction of sp³-hybridized carbons (Fsp3) is 0.304. The van der Waals surface area contributed by atoms with Crippen molar-refractivity contribution in [3.8, 4) is 11.5 Å². The SMILES string of the molecule is CCOc1cc(CNCCNC(=O)c2nonc2N)cc(Br)c1OCC(=O)Nc1ccc(C)cc1. The number of ether oxygens (including phenoxy) is 2. The van der Waals surface area contributed by atoms with Crippen LogP contribution in [0.3, 0.4) is 0 Å². The van der Waals surface area contributed by atoms with Crippen molar-refractivity contribution in [3.05, 3.63) is 57.7 Å². The topological polar surface area (TPSA) is 154 Å². The van der Waals surface area contributed by atoms with Crippen molar-refractivity contribution in [1.82, 2.24) is 20.9 Å². The van der Waals surface area contributed by atoms with Crippen molar-refractivity contribution in [2.45, 2.75) is 20.4 Å². The van der Waals surface area contributed by atoms with Crippen molar-refractivity contribution in [1.29, 1.82) is 0 Å². The van der Waals surface area contributed by atoms with Crippen LogP contribution < -0.4 is 31.2 Å². The Morgan fingerprint density at radius 2 is 1.89 bits per heavy atom. The Hall–Kier alpha value is -3.64. The summed E-state index contributed by atoms with van der Waals surface area (Å²) < 4.78 is 16.6. The Morgan fingerprint density at radius 3 is 2.57 bits per heavy atom. The predicted molar refractivity (Wildman–Crippen MR) is 133 cm³/mol. The number of aromatic nitrogens is 2. The number of amides is 2. The molecule has 5 N–H and O–H groups in total. The molecule has 1 aromatic heterocycles. The number of carbonyl (C=O) groups is 2. The molecule has 0 atom stereocenters.